The number of Topliss-reactive ketones (excluding diaryl/α,β-unsaturated/α-hetero) is 1. The van der Waals surface area contributed by atoms with Gasteiger partial charge in [-0.15, -0.1) is 0 Å². The molecule has 1 aliphatic rings. The van der Waals surface area contributed by atoms with Gasteiger partial charge in [0.15, 0.2) is 0 Å². The van der Waals surface area contributed by atoms with Gasteiger partial charge in [0.05, 0.1) is 6.61 Å². The molecule has 0 bridgehead atoms. The van der Waals surface area contributed by atoms with Crippen LogP contribution in [0.25, 0.3) is 0 Å². The van der Waals surface area contributed by atoms with E-state index in [9.17, 15) is 4.79 Å². The number of hydrogen-bond donors (Lipinski definition) is 1. The van der Waals surface area contributed by atoms with Gasteiger partial charge in [0.25, 0.3) is 0 Å². The number of nitrogens with one attached hydrogen (secondary N) is 1. The lowest BCUT2D eigenvalue weighted by atomic mass is 10.1. The molecular weight excluding hydrogens is 252 g/mol. The summed E-state index contributed by atoms with van der Waals surface area (Å²) in [5, 5.41) is 3.24. The molecule has 0 amide bonds. The predicted octanol–water partition coefficient (Wildman–Crippen LogP) is 1.45. The Kier molecular flexibility index (Phi) is 10.2. The number of ketones is 1. The van der Waals surface area contributed by atoms with Gasteiger partial charge in [0.2, 0.25) is 5.78 Å². The molecule has 1 fully saturated rings. The number of piperidine rings is 1. The molecule has 0 aliphatic carbocycles. The molecular formula is C16H28N2O2. The smallest absolute Gasteiger partial charge is 0.206 e. The SMILES string of the molecule is CC#CC(=O)CCNCCCOCCN1CCCCC1. The second-order valence-electron chi connectivity index (χ2n) is 5.17. The van der Waals surface area contributed by atoms with E-state index in [1.54, 1.807) is 6.92 Å². The van der Waals surface area contributed by atoms with Crippen LogP contribution in [-0.4, -0.2) is 56.6 Å². The summed E-state index contributed by atoms with van der Waals surface area (Å²) in [5.74, 6) is 5.17. The Labute approximate surface area is 123 Å². The second-order valence-corrected chi connectivity index (χ2v) is 5.17. The van der Waals surface area contributed by atoms with Crippen LogP contribution in [0.2, 0.25) is 0 Å². The number of carbonyl (C=O) groups excluding carboxylic acids is 1. The Morgan fingerprint density at radius 2 is 2.00 bits per heavy atom. The Bertz CT molecular complexity index is 314. The summed E-state index contributed by atoms with van der Waals surface area (Å²) in [4.78, 5) is 13.6. The highest BCUT2D eigenvalue weighted by Crippen LogP contribution is 2.07. The molecule has 1 aliphatic heterocycles. The van der Waals surface area contributed by atoms with Gasteiger partial charge in [-0.05, 0) is 51.7 Å². The second kappa shape index (κ2) is 11.9. The lowest BCUT2D eigenvalue weighted by molar-refractivity contribution is -0.113. The van der Waals surface area contributed by atoms with Crippen molar-refractivity contribution in [2.45, 2.75) is 39.0 Å². The third-order valence-corrected chi connectivity index (χ3v) is 3.44. The molecule has 1 saturated heterocycles. The Hall–Kier alpha value is -0.890. The Morgan fingerprint density at radius 3 is 2.75 bits per heavy atom. The maximum atomic E-state index is 11.1. The van der Waals surface area contributed by atoms with E-state index in [2.05, 4.69) is 22.1 Å². The van der Waals surface area contributed by atoms with Crippen molar-refractivity contribution in [1.82, 2.24) is 10.2 Å². The molecule has 1 rings (SSSR count). The van der Waals surface area contributed by atoms with Gasteiger partial charge in [-0.3, -0.25) is 4.79 Å². The first-order valence-electron chi connectivity index (χ1n) is 7.79. The molecule has 4 heteroatoms. The molecule has 0 atom stereocenters. The first kappa shape index (κ1) is 17.2. The molecule has 0 aromatic rings. The fourth-order valence-electron chi connectivity index (χ4n) is 2.31. The number of carbonyl (C=O) groups is 1. The third-order valence-electron chi connectivity index (χ3n) is 3.44. The summed E-state index contributed by atoms with van der Waals surface area (Å²) < 4.78 is 5.63. The van der Waals surface area contributed by atoms with Gasteiger partial charge < -0.3 is 15.0 Å². The summed E-state index contributed by atoms with van der Waals surface area (Å²) in [7, 11) is 0. The van der Waals surface area contributed by atoms with Crippen molar-refractivity contribution in [2.24, 2.45) is 0 Å². The highest BCUT2D eigenvalue weighted by molar-refractivity contribution is 5.95. The van der Waals surface area contributed by atoms with Crippen LogP contribution >= 0.6 is 0 Å². The van der Waals surface area contributed by atoms with Crippen LogP contribution in [0.15, 0.2) is 0 Å². The summed E-state index contributed by atoms with van der Waals surface area (Å²) in [5.41, 5.74) is 0. The third kappa shape index (κ3) is 9.08. The lowest BCUT2D eigenvalue weighted by Crippen LogP contribution is -2.32. The fraction of sp³-hybridized carbons (Fsp3) is 0.812. The minimum absolute atomic E-state index is 0.0118. The number of nitrogens with zero attached hydrogens (tertiary/aromatic N) is 1. The van der Waals surface area contributed by atoms with Crippen molar-refractivity contribution in [3.05, 3.63) is 0 Å². The molecule has 0 spiro atoms. The van der Waals surface area contributed by atoms with E-state index in [4.69, 9.17) is 4.74 Å². The van der Waals surface area contributed by atoms with Crippen molar-refractivity contribution in [3.63, 3.8) is 0 Å². The predicted molar refractivity (Wildman–Crippen MR) is 81.7 cm³/mol. The van der Waals surface area contributed by atoms with Crippen molar-refractivity contribution < 1.29 is 9.53 Å². The Morgan fingerprint density at radius 1 is 1.20 bits per heavy atom. The molecule has 0 radical (unpaired) electrons. The van der Waals surface area contributed by atoms with Crippen LogP contribution in [0.5, 0.6) is 0 Å². The summed E-state index contributed by atoms with van der Waals surface area (Å²) >= 11 is 0. The minimum atomic E-state index is 0.0118. The molecule has 0 unspecified atom stereocenters. The van der Waals surface area contributed by atoms with Gasteiger partial charge in [0.1, 0.15) is 0 Å². The molecule has 4 nitrogen and oxygen atoms in total. The van der Waals surface area contributed by atoms with Gasteiger partial charge >= 0.3 is 0 Å². The minimum Gasteiger partial charge on any atom is -0.380 e. The van der Waals surface area contributed by atoms with Crippen LogP contribution in [0.3, 0.4) is 0 Å². The van der Waals surface area contributed by atoms with Gasteiger partial charge in [-0.1, -0.05) is 12.3 Å². The van der Waals surface area contributed by atoms with E-state index in [0.717, 1.165) is 32.7 Å². The number of rotatable bonds is 10. The first-order chi connectivity index (χ1) is 9.83. The standard InChI is InChI=1S/C16H28N2O2/c1-2-7-16(19)8-10-17-9-6-14-20-15-13-18-11-4-3-5-12-18/h17H,3-6,8-15H2,1H3. The molecule has 114 valence electrons. The maximum absolute atomic E-state index is 11.1. The average molecular weight is 280 g/mol. The number of ether oxygens (including phenoxy) is 1. The zero-order valence-electron chi connectivity index (χ0n) is 12.7. The fourth-order valence-corrected chi connectivity index (χ4v) is 2.31. The molecule has 20 heavy (non-hydrogen) atoms. The highest BCUT2D eigenvalue weighted by Gasteiger charge is 2.08. The summed E-state index contributed by atoms with van der Waals surface area (Å²) in [6.45, 7) is 8.47. The quantitative estimate of drug-likeness (QED) is 0.374. The van der Waals surface area contributed by atoms with Crippen molar-refractivity contribution >= 4 is 5.78 Å². The number of hydrogen-bond acceptors (Lipinski definition) is 4. The maximum Gasteiger partial charge on any atom is 0.206 e. The molecule has 1 N–H and O–H groups in total. The first-order valence-corrected chi connectivity index (χ1v) is 7.79. The molecule has 0 aromatic heterocycles. The number of likely N-dealkylation sites (tertiary alicyclic amines) is 1. The monoisotopic (exact) mass is 280 g/mol. The topological polar surface area (TPSA) is 41.6 Å². The van der Waals surface area contributed by atoms with Crippen LogP contribution in [0, 0.1) is 11.8 Å². The van der Waals surface area contributed by atoms with Crippen molar-refractivity contribution in [3.8, 4) is 11.8 Å². The van der Waals surface area contributed by atoms with E-state index in [-0.39, 0.29) is 5.78 Å². The van der Waals surface area contributed by atoms with E-state index in [0.29, 0.717) is 13.0 Å². The van der Waals surface area contributed by atoms with Crippen molar-refractivity contribution in [2.75, 3.05) is 45.9 Å². The van der Waals surface area contributed by atoms with Crippen LogP contribution in [0.4, 0.5) is 0 Å². The molecule has 0 aromatic carbocycles. The van der Waals surface area contributed by atoms with Crippen LogP contribution in [-0.2, 0) is 9.53 Å². The van der Waals surface area contributed by atoms with Crippen molar-refractivity contribution in [1.29, 1.82) is 0 Å². The summed E-state index contributed by atoms with van der Waals surface area (Å²) in [6.07, 6.45) is 5.55. The average Bonchev–Trinajstić information content (AvgIpc) is 2.47. The van der Waals surface area contributed by atoms with E-state index in [1.165, 1.54) is 32.4 Å². The van der Waals surface area contributed by atoms with E-state index in [1.807, 2.05) is 0 Å². The van der Waals surface area contributed by atoms with Gasteiger partial charge in [-0.2, -0.15) is 0 Å². The largest absolute Gasteiger partial charge is 0.380 e. The van der Waals surface area contributed by atoms with E-state index < -0.39 is 0 Å². The summed E-state index contributed by atoms with van der Waals surface area (Å²) in [6, 6.07) is 0. The molecule has 0 saturated carbocycles. The molecule has 1 heterocycles. The zero-order chi connectivity index (χ0) is 14.5. The highest BCUT2D eigenvalue weighted by atomic mass is 16.5. The Balaban J connectivity index is 1.80. The zero-order valence-corrected chi connectivity index (χ0v) is 12.7. The van der Waals surface area contributed by atoms with Gasteiger partial charge in [-0.25, -0.2) is 0 Å². The van der Waals surface area contributed by atoms with Crippen LogP contribution in [0.1, 0.15) is 39.0 Å². The normalized spacial score (nSPS) is 15.7. The van der Waals surface area contributed by atoms with Crippen LogP contribution < -0.4 is 5.32 Å². The van der Waals surface area contributed by atoms with E-state index >= 15 is 0 Å². The lowest BCUT2D eigenvalue weighted by Gasteiger charge is -2.26. The van der Waals surface area contributed by atoms with Gasteiger partial charge in [0, 0.05) is 26.1 Å².